The number of hydrogen-bond acceptors (Lipinski definition) is 3. The van der Waals surface area contributed by atoms with E-state index in [2.05, 4.69) is 26.5 Å². The molecule has 0 aromatic heterocycles. The van der Waals surface area contributed by atoms with Crippen molar-refractivity contribution in [2.45, 2.75) is 0 Å². The molecular formula is C19H15BrN2O2. The van der Waals surface area contributed by atoms with Gasteiger partial charge in [-0.2, -0.15) is 5.10 Å². The number of methoxy groups -OCH3 is 1. The molecule has 0 atom stereocenters. The van der Waals surface area contributed by atoms with Crippen molar-refractivity contribution in [3.63, 3.8) is 0 Å². The fourth-order valence-electron chi connectivity index (χ4n) is 2.44. The Labute approximate surface area is 148 Å². The number of hydrazone groups is 1. The fraction of sp³-hybridized carbons (Fsp3) is 0.0526. The summed E-state index contributed by atoms with van der Waals surface area (Å²) in [6.07, 6.45) is 1.64. The SMILES string of the molecule is COc1ccc(C=NNC(=O)c2cccc(Br)c2)c2ccccc12. The molecule has 24 heavy (non-hydrogen) atoms. The van der Waals surface area contributed by atoms with Crippen LogP contribution < -0.4 is 10.2 Å². The minimum absolute atomic E-state index is 0.259. The number of fused-ring (bicyclic) bond motifs is 1. The van der Waals surface area contributed by atoms with Crippen molar-refractivity contribution in [3.8, 4) is 5.75 Å². The van der Waals surface area contributed by atoms with Crippen LogP contribution in [0.25, 0.3) is 10.8 Å². The van der Waals surface area contributed by atoms with Crippen LogP contribution in [0.15, 0.2) is 70.2 Å². The van der Waals surface area contributed by atoms with E-state index in [4.69, 9.17) is 4.74 Å². The van der Waals surface area contributed by atoms with Gasteiger partial charge < -0.3 is 4.74 Å². The molecule has 0 spiro atoms. The highest BCUT2D eigenvalue weighted by molar-refractivity contribution is 9.10. The summed E-state index contributed by atoms with van der Waals surface area (Å²) < 4.78 is 6.22. The average Bonchev–Trinajstić information content (AvgIpc) is 2.61. The molecule has 1 amide bonds. The van der Waals surface area contributed by atoms with Gasteiger partial charge in [-0.05, 0) is 35.7 Å². The Balaban J connectivity index is 1.82. The molecule has 0 fully saturated rings. The van der Waals surface area contributed by atoms with E-state index in [0.29, 0.717) is 5.56 Å². The maximum absolute atomic E-state index is 12.1. The van der Waals surface area contributed by atoms with Gasteiger partial charge in [0.1, 0.15) is 5.75 Å². The molecule has 0 aliphatic carbocycles. The summed E-state index contributed by atoms with van der Waals surface area (Å²) in [5.41, 5.74) is 3.99. The Morgan fingerprint density at radius 2 is 1.88 bits per heavy atom. The van der Waals surface area contributed by atoms with Gasteiger partial charge in [0, 0.05) is 21.0 Å². The van der Waals surface area contributed by atoms with Crippen LogP contribution in [0.5, 0.6) is 5.75 Å². The molecule has 120 valence electrons. The van der Waals surface area contributed by atoms with Crippen LogP contribution in [-0.2, 0) is 0 Å². The second-order valence-electron chi connectivity index (χ2n) is 5.11. The molecule has 0 saturated carbocycles. The third-order valence-corrected chi connectivity index (χ3v) is 4.09. The minimum Gasteiger partial charge on any atom is -0.496 e. The Morgan fingerprint density at radius 3 is 2.62 bits per heavy atom. The lowest BCUT2D eigenvalue weighted by atomic mass is 10.0. The number of amides is 1. The second kappa shape index (κ2) is 7.27. The van der Waals surface area contributed by atoms with Gasteiger partial charge in [0.05, 0.1) is 13.3 Å². The smallest absolute Gasteiger partial charge is 0.271 e. The maximum atomic E-state index is 12.1. The first-order valence-corrected chi connectivity index (χ1v) is 8.13. The van der Waals surface area contributed by atoms with E-state index in [1.54, 1.807) is 31.5 Å². The second-order valence-corrected chi connectivity index (χ2v) is 6.03. The van der Waals surface area contributed by atoms with Crippen LogP contribution >= 0.6 is 15.9 Å². The molecule has 3 aromatic rings. The Kier molecular flexibility index (Phi) is 4.91. The van der Waals surface area contributed by atoms with Gasteiger partial charge in [-0.25, -0.2) is 5.43 Å². The first-order valence-electron chi connectivity index (χ1n) is 7.34. The summed E-state index contributed by atoms with van der Waals surface area (Å²) in [5, 5.41) is 6.09. The molecule has 0 heterocycles. The van der Waals surface area contributed by atoms with E-state index in [0.717, 1.165) is 26.6 Å². The van der Waals surface area contributed by atoms with Crippen molar-refractivity contribution >= 4 is 38.8 Å². The zero-order valence-electron chi connectivity index (χ0n) is 13.0. The number of nitrogens with one attached hydrogen (secondary N) is 1. The highest BCUT2D eigenvalue weighted by atomic mass is 79.9. The van der Waals surface area contributed by atoms with Crippen LogP contribution in [-0.4, -0.2) is 19.2 Å². The Morgan fingerprint density at radius 1 is 1.08 bits per heavy atom. The largest absolute Gasteiger partial charge is 0.496 e. The van der Waals surface area contributed by atoms with Gasteiger partial charge >= 0.3 is 0 Å². The lowest BCUT2D eigenvalue weighted by Gasteiger charge is -2.07. The van der Waals surface area contributed by atoms with Gasteiger partial charge in [-0.3, -0.25) is 4.79 Å². The molecule has 3 rings (SSSR count). The topological polar surface area (TPSA) is 50.7 Å². The summed E-state index contributed by atoms with van der Waals surface area (Å²) in [6, 6.07) is 18.9. The van der Waals surface area contributed by atoms with E-state index in [1.807, 2.05) is 42.5 Å². The van der Waals surface area contributed by atoms with Gasteiger partial charge in [-0.15, -0.1) is 0 Å². The number of nitrogens with zero attached hydrogens (tertiary/aromatic N) is 1. The van der Waals surface area contributed by atoms with Crippen LogP contribution in [0.1, 0.15) is 15.9 Å². The standard InChI is InChI=1S/C19H15BrN2O2/c1-24-18-10-9-14(16-7-2-3-8-17(16)18)12-21-22-19(23)13-5-4-6-15(20)11-13/h2-12H,1H3,(H,22,23). The van der Waals surface area contributed by atoms with E-state index in [1.165, 1.54) is 0 Å². The summed E-state index contributed by atoms with van der Waals surface area (Å²) in [4.78, 5) is 12.1. The molecule has 0 unspecified atom stereocenters. The van der Waals surface area contributed by atoms with Gasteiger partial charge in [0.2, 0.25) is 0 Å². The normalized spacial score (nSPS) is 10.9. The highest BCUT2D eigenvalue weighted by Gasteiger charge is 2.06. The van der Waals surface area contributed by atoms with Crippen molar-refractivity contribution in [1.82, 2.24) is 5.43 Å². The molecule has 0 aliphatic rings. The summed E-state index contributed by atoms with van der Waals surface area (Å²) in [6.45, 7) is 0. The average molecular weight is 383 g/mol. The third kappa shape index (κ3) is 3.46. The minimum atomic E-state index is -0.259. The molecular weight excluding hydrogens is 368 g/mol. The predicted octanol–water partition coefficient (Wildman–Crippen LogP) is 4.37. The maximum Gasteiger partial charge on any atom is 0.271 e. The van der Waals surface area contributed by atoms with Crippen LogP contribution in [0.2, 0.25) is 0 Å². The van der Waals surface area contributed by atoms with Crippen molar-refractivity contribution in [3.05, 3.63) is 76.3 Å². The van der Waals surface area contributed by atoms with Gasteiger partial charge in [0.15, 0.2) is 0 Å². The summed E-state index contributed by atoms with van der Waals surface area (Å²) in [5.74, 6) is 0.547. The number of hydrogen-bond donors (Lipinski definition) is 1. The lowest BCUT2D eigenvalue weighted by Crippen LogP contribution is -2.17. The number of benzene rings is 3. The first kappa shape index (κ1) is 16.2. The highest BCUT2D eigenvalue weighted by Crippen LogP contribution is 2.27. The number of ether oxygens (including phenoxy) is 1. The summed E-state index contributed by atoms with van der Waals surface area (Å²) in [7, 11) is 1.65. The molecule has 0 aliphatic heterocycles. The van der Waals surface area contributed by atoms with Crippen molar-refractivity contribution in [2.75, 3.05) is 7.11 Å². The zero-order valence-corrected chi connectivity index (χ0v) is 14.6. The van der Waals surface area contributed by atoms with Crippen LogP contribution in [0.3, 0.4) is 0 Å². The number of carbonyl (C=O) groups is 1. The molecule has 0 bridgehead atoms. The summed E-state index contributed by atoms with van der Waals surface area (Å²) >= 11 is 3.35. The Bertz CT molecular complexity index is 922. The molecule has 1 N–H and O–H groups in total. The zero-order chi connectivity index (χ0) is 16.9. The van der Waals surface area contributed by atoms with Crippen LogP contribution in [0, 0.1) is 0 Å². The Hall–Kier alpha value is -2.66. The molecule has 3 aromatic carbocycles. The number of carbonyl (C=O) groups excluding carboxylic acids is 1. The first-order chi connectivity index (χ1) is 11.7. The monoisotopic (exact) mass is 382 g/mol. The fourth-order valence-corrected chi connectivity index (χ4v) is 2.84. The van der Waals surface area contributed by atoms with Crippen molar-refractivity contribution in [1.29, 1.82) is 0 Å². The molecule has 5 heteroatoms. The van der Waals surface area contributed by atoms with Gasteiger partial charge in [-0.1, -0.05) is 46.3 Å². The lowest BCUT2D eigenvalue weighted by molar-refractivity contribution is 0.0955. The van der Waals surface area contributed by atoms with Crippen molar-refractivity contribution < 1.29 is 9.53 Å². The van der Waals surface area contributed by atoms with E-state index >= 15 is 0 Å². The van der Waals surface area contributed by atoms with E-state index < -0.39 is 0 Å². The van der Waals surface area contributed by atoms with Crippen molar-refractivity contribution in [2.24, 2.45) is 5.10 Å². The van der Waals surface area contributed by atoms with Gasteiger partial charge in [0.25, 0.3) is 5.91 Å². The predicted molar refractivity (Wildman–Crippen MR) is 99.7 cm³/mol. The quantitative estimate of drug-likeness (QED) is 0.537. The third-order valence-electron chi connectivity index (χ3n) is 3.59. The molecule has 0 radical (unpaired) electrons. The van der Waals surface area contributed by atoms with Crippen LogP contribution in [0.4, 0.5) is 0 Å². The number of halogens is 1. The van der Waals surface area contributed by atoms with E-state index in [9.17, 15) is 4.79 Å². The molecule has 0 saturated heterocycles. The molecule has 4 nitrogen and oxygen atoms in total. The number of rotatable bonds is 4. The van der Waals surface area contributed by atoms with E-state index in [-0.39, 0.29) is 5.91 Å².